The second-order valence-electron chi connectivity index (χ2n) is 5.69. The maximum atomic E-state index is 13.4. The van der Waals surface area contributed by atoms with Crippen LogP contribution >= 0.6 is 11.6 Å². The molecule has 0 saturated heterocycles. The fraction of sp³-hybridized carbons (Fsp3) is 0.571. The maximum absolute atomic E-state index is 13.4. The third-order valence-electron chi connectivity index (χ3n) is 3.92. The van der Waals surface area contributed by atoms with E-state index < -0.39 is 0 Å². The van der Waals surface area contributed by atoms with Crippen LogP contribution in [0.15, 0.2) is 12.1 Å². The third-order valence-corrected chi connectivity index (χ3v) is 4.24. The molecule has 0 aromatic heterocycles. The molecule has 17 heavy (non-hydrogen) atoms. The van der Waals surface area contributed by atoms with Crippen LogP contribution in [0, 0.1) is 24.1 Å². The largest absolute Gasteiger partial charge is 0.313 e. The SMILES string of the molecule is CNC(c1cc(C)c(F)cc1Cl)C1CC1(C)C. The first-order valence-corrected chi connectivity index (χ1v) is 6.37. The Labute approximate surface area is 107 Å². The van der Waals surface area contributed by atoms with E-state index in [1.54, 1.807) is 6.92 Å². The zero-order valence-corrected chi connectivity index (χ0v) is 11.5. The number of aryl methyl sites for hydroxylation is 1. The minimum Gasteiger partial charge on any atom is -0.313 e. The van der Waals surface area contributed by atoms with E-state index in [0.717, 1.165) is 5.56 Å². The average molecular weight is 256 g/mol. The van der Waals surface area contributed by atoms with Gasteiger partial charge in [0.25, 0.3) is 0 Å². The van der Waals surface area contributed by atoms with E-state index in [0.29, 0.717) is 21.9 Å². The van der Waals surface area contributed by atoms with Crippen molar-refractivity contribution in [3.8, 4) is 0 Å². The van der Waals surface area contributed by atoms with Gasteiger partial charge < -0.3 is 5.32 Å². The van der Waals surface area contributed by atoms with Gasteiger partial charge in [-0.25, -0.2) is 4.39 Å². The van der Waals surface area contributed by atoms with Gasteiger partial charge >= 0.3 is 0 Å². The van der Waals surface area contributed by atoms with Crippen molar-refractivity contribution in [2.75, 3.05) is 7.05 Å². The molecule has 1 nitrogen and oxygen atoms in total. The minimum atomic E-state index is -0.233. The molecule has 0 bridgehead atoms. The van der Waals surface area contributed by atoms with E-state index in [1.165, 1.54) is 12.5 Å². The lowest BCUT2D eigenvalue weighted by Gasteiger charge is -2.20. The fourth-order valence-corrected chi connectivity index (χ4v) is 2.84. The first-order valence-electron chi connectivity index (χ1n) is 5.99. The van der Waals surface area contributed by atoms with Crippen molar-refractivity contribution in [1.82, 2.24) is 5.32 Å². The molecule has 1 N–H and O–H groups in total. The highest BCUT2D eigenvalue weighted by Gasteiger charge is 2.50. The van der Waals surface area contributed by atoms with Crippen LogP contribution in [-0.4, -0.2) is 7.05 Å². The molecular formula is C14H19ClFN. The highest BCUT2D eigenvalue weighted by atomic mass is 35.5. The summed E-state index contributed by atoms with van der Waals surface area (Å²) >= 11 is 6.16. The molecule has 1 aliphatic rings. The number of nitrogens with one attached hydrogen (secondary N) is 1. The van der Waals surface area contributed by atoms with Crippen LogP contribution in [-0.2, 0) is 0 Å². The molecule has 1 aromatic rings. The van der Waals surface area contributed by atoms with Crippen molar-refractivity contribution in [2.24, 2.45) is 11.3 Å². The Morgan fingerprint density at radius 1 is 1.47 bits per heavy atom. The second kappa shape index (κ2) is 4.25. The van der Waals surface area contributed by atoms with Gasteiger partial charge in [0, 0.05) is 11.1 Å². The quantitative estimate of drug-likeness (QED) is 0.858. The topological polar surface area (TPSA) is 12.0 Å². The van der Waals surface area contributed by atoms with E-state index >= 15 is 0 Å². The van der Waals surface area contributed by atoms with Gasteiger partial charge in [0.15, 0.2) is 0 Å². The minimum absolute atomic E-state index is 0.219. The van der Waals surface area contributed by atoms with Gasteiger partial charge in [0.05, 0.1) is 0 Å². The van der Waals surface area contributed by atoms with E-state index in [2.05, 4.69) is 19.2 Å². The molecule has 2 unspecified atom stereocenters. The average Bonchev–Trinajstić information content (AvgIpc) is 2.84. The van der Waals surface area contributed by atoms with Crippen LogP contribution < -0.4 is 5.32 Å². The summed E-state index contributed by atoms with van der Waals surface area (Å²) < 4.78 is 13.4. The van der Waals surface area contributed by atoms with Crippen molar-refractivity contribution in [3.63, 3.8) is 0 Å². The fourth-order valence-electron chi connectivity index (χ4n) is 2.57. The molecule has 0 amide bonds. The Hall–Kier alpha value is -0.600. The summed E-state index contributed by atoms with van der Waals surface area (Å²) in [5.41, 5.74) is 2.03. The zero-order chi connectivity index (χ0) is 12.8. The highest BCUT2D eigenvalue weighted by Crippen LogP contribution is 2.58. The summed E-state index contributed by atoms with van der Waals surface area (Å²) in [7, 11) is 1.94. The number of rotatable bonds is 3. The van der Waals surface area contributed by atoms with E-state index in [-0.39, 0.29) is 11.9 Å². The lowest BCUT2D eigenvalue weighted by Crippen LogP contribution is -2.21. The summed E-state index contributed by atoms with van der Waals surface area (Å²) in [6.07, 6.45) is 1.19. The van der Waals surface area contributed by atoms with Gasteiger partial charge in [-0.15, -0.1) is 0 Å². The van der Waals surface area contributed by atoms with Crippen LogP contribution in [0.1, 0.15) is 37.4 Å². The number of halogens is 2. The van der Waals surface area contributed by atoms with Gasteiger partial charge in [-0.1, -0.05) is 31.5 Å². The van der Waals surface area contributed by atoms with Crippen LogP contribution in [0.4, 0.5) is 4.39 Å². The maximum Gasteiger partial charge on any atom is 0.127 e. The highest BCUT2D eigenvalue weighted by molar-refractivity contribution is 6.31. The zero-order valence-electron chi connectivity index (χ0n) is 10.8. The smallest absolute Gasteiger partial charge is 0.127 e. The van der Waals surface area contributed by atoms with Crippen molar-refractivity contribution in [3.05, 3.63) is 34.1 Å². The second-order valence-corrected chi connectivity index (χ2v) is 6.10. The molecular weight excluding hydrogens is 237 g/mol. The van der Waals surface area contributed by atoms with Gasteiger partial charge in [0.2, 0.25) is 0 Å². The Kier molecular flexibility index (Phi) is 3.21. The van der Waals surface area contributed by atoms with Gasteiger partial charge in [-0.2, -0.15) is 0 Å². The van der Waals surface area contributed by atoms with Crippen molar-refractivity contribution < 1.29 is 4.39 Å². The van der Waals surface area contributed by atoms with Crippen LogP contribution in [0.3, 0.4) is 0 Å². The first-order chi connectivity index (χ1) is 7.86. The summed E-state index contributed by atoms with van der Waals surface area (Å²) in [6.45, 7) is 6.29. The summed E-state index contributed by atoms with van der Waals surface area (Å²) in [4.78, 5) is 0. The van der Waals surface area contributed by atoms with Gasteiger partial charge in [-0.05, 0) is 48.9 Å². The summed E-state index contributed by atoms with van der Waals surface area (Å²) in [5, 5.41) is 3.84. The summed E-state index contributed by atoms with van der Waals surface area (Å²) in [5.74, 6) is 0.346. The predicted molar refractivity (Wildman–Crippen MR) is 69.8 cm³/mol. The molecule has 1 fully saturated rings. The molecule has 1 saturated carbocycles. The number of benzene rings is 1. The van der Waals surface area contributed by atoms with Crippen molar-refractivity contribution in [2.45, 2.75) is 33.2 Å². The Morgan fingerprint density at radius 2 is 2.06 bits per heavy atom. The van der Waals surface area contributed by atoms with Gasteiger partial charge in [0.1, 0.15) is 5.82 Å². The molecule has 1 aromatic carbocycles. The molecule has 2 rings (SSSR count). The van der Waals surface area contributed by atoms with Crippen LogP contribution in [0.25, 0.3) is 0 Å². The van der Waals surface area contributed by atoms with Crippen LogP contribution in [0.5, 0.6) is 0 Å². The molecule has 0 aliphatic heterocycles. The molecule has 94 valence electrons. The molecule has 0 spiro atoms. The Bertz CT molecular complexity index is 442. The monoisotopic (exact) mass is 255 g/mol. The van der Waals surface area contributed by atoms with E-state index in [1.807, 2.05) is 13.1 Å². The lowest BCUT2D eigenvalue weighted by atomic mass is 9.96. The lowest BCUT2D eigenvalue weighted by molar-refractivity contribution is 0.440. The Balaban J connectivity index is 2.35. The Morgan fingerprint density at radius 3 is 2.53 bits per heavy atom. The van der Waals surface area contributed by atoms with Crippen LogP contribution in [0.2, 0.25) is 5.02 Å². The molecule has 3 heteroatoms. The van der Waals surface area contributed by atoms with Crippen molar-refractivity contribution in [1.29, 1.82) is 0 Å². The number of hydrogen-bond acceptors (Lipinski definition) is 1. The normalized spacial score (nSPS) is 23.5. The van der Waals surface area contributed by atoms with Gasteiger partial charge in [-0.3, -0.25) is 0 Å². The third kappa shape index (κ3) is 2.34. The number of hydrogen-bond donors (Lipinski definition) is 1. The predicted octanol–water partition coefficient (Wildman–Crippen LogP) is 4.09. The molecule has 0 heterocycles. The van der Waals surface area contributed by atoms with E-state index in [4.69, 9.17) is 11.6 Å². The molecule has 0 radical (unpaired) electrons. The standard InChI is InChI=1S/C14H19ClFN/c1-8-5-9(11(15)6-12(8)16)13(17-4)10-7-14(10,2)3/h5-6,10,13,17H,7H2,1-4H3. The molecule has 1 aliphatic carbocycles. The van der Waals surface area contributed by atoms with E-state index in [9.17, 15) is 4.39 Å². The first kappa shape index (κ1) is 12.8. The summed E-state index contributed by atoms with van der Waals surface area (Å²) in [6, 6.07) is 3.51. The molecule has 2 atom stereocenters. The van der Waals surface area contributed by atoms with Crippen molar-refractivity contribution >= 4 is 11.6 Å².